The SMILES string of the molecule is N#CN1CC=C(O)c2oc3ccccc3c21. The average Bonchev–Trinajstić information content (AvgIpc) is 2.70. The second-order valence-corrected chi connectivity index (χ2v) is 3.58. The molecule has 2 aromatic rings. The first kappa shape index (κ1) is 8.86. The van der Waals surface area contributed by atoms with Gasteiger partial charge in [-0.3, -0.25) is 4.90 Å². The van der Waals surface area contributed by atoms with Gasteiger partial charge >= 0.3 is 0 Å². The average molecular weight is 212 g/mol. The maximum absolute atomic E-state index is 9.71. The number of hydrogen-bond donors (Lipinski definition) is 1. The topological polar surface area (TPSA) is 60.4 Å². The fraction of sp³-hybridized carbons (Fsp3) is 0.0833. The van der Waals surface area contributed by atoms with Crippen LogP contribution in [0.3, 0.4) is 0 Å². The van der Waals surface area contributed by atoms with Gasteiger partial charge < -0.3 is 9.52 Å². The number of nitrogens with zero attached hydrogens (tertiary/aromatic N) is 2. The van der Waals surface area contributed by atoms with Crippen LogP contribution in [0.4, 0.5) is 5.69 Å². The molecule has 0 unspecified atom stereocenters. The maximum Gasteiger partial charge on any atom is 0.193 e. The third-order valence-corrected chi connectivity index (χ3v) is 2.66. The van der Waals surface area contributed by atoms with Crippen LogP contribution >= 0.6 is 0 Å². The van der Waals surface area contributed by atoms with Gasteiger partial charge in [0.05, 0.1) is 6.54 Å². The quantitative estimate of drug-likeness (QED) is 0.682. The molecule has 1 aliphatic rings. The van der Waals surface area contributed by atoms with E-state index in [4.69, 9.17) is 9.68 Å². The third kappa shape index (κ3) is 1.03. The van der Waals surface area contributed by atoms with Crippen molar-refractivity contribution in [2.45, 2.75) is 0 Å². The van der Waals surface area contributed by atoms with Crippen LogP contribution in [0, 0.1) is 11.5 Å². The number of furan rings is 1. The summed E-state index contributed by atoms with van der Waals surface area (Å²) < 4.78 is 5.52. The number of hydrogen-bond acceptors (Lipinski definition) is 4. The van der Waals surface area contributed by atoms with Gasteiger partial charge in [-0.2, -0.15) is 5.26 Å². The highest BCUT2D eigenvalue weighted by atomic mass is 16.4. The molecule has 0 aliphatic carbocycles. The van der Waals surface area contributed by atoms with Crippen LogP contribution in [0.25, 0.3) is 16.7 Å². The monoisotopic (exact) mass is 212 g/mol. The van der Waals surface area contributed by atoms with Gasteiger partial charge in [0.25, 0.3) is 0 Å². The van der Waals surface area contributed by atoms with Gasteiger partial charge in [0.2, 0.25) is 0 Å². The highest BCUT2D eigenvalue weighted by Gasteiger charge is 2.25. The van der Waals surface area contributed by atoms with Crippen LogP contribution in [0.5, 0.6) is 0 Å². The van der Waals surface area contributed by atoms with Gasteiger partial charge in [-0.05, 0) is 18.2 Å². The zero-order valence-corrected chi connectivity index (χ0v) is 8.34. The molecular formula is C12H8N2O2. The van der Waals surface area contributed by atoms with Crippen molar-refractivity contribution < 1.29 is 9.52 Å². The second-order valence-electron chi connectivity index (χ2n) is 3.58. The minimum absolute atomic E-state index is 0.0951. The molecule has 0 fully saturated rings. The molecule has 1 aliphatic heterocycles. The first-order valence-corrected chi connectivity index (χ1v) is 4.89. The Morgan fingerprint density at radius 3 is 3.00 bits per heavy atom. The van der Waals surface area contributed by atoms with Crippen molar-refractivity contribution in [3.8, 4) is 6.19 Å². The fourth-order valence-corrected chi connectivity index (χ4v) is 1.93. The number of anilines is 1. The molecule has 4 nitrogen and oxygen atoms in total. The number of para-hydroxylation sites is 1. The molecule has 4 heteroatoms. The Balaban J connectivity index is 2.39. The summed E-state index contributed by atoms with van der Waals surface area (Å²) in [5, 5.41) is 19.6. The molecule has 1 aromatic carbocycles. The predicted molar refractivity (Wildman–Crippen MR) is 59.8 cm³/mol. The molecule has 3 rings (SSSR count). The van der Waals surface area contributed by atoms with Crippen LogP contribution in [0.1, 0.15) is 5.76 Å². The molecule has 2 heterocycles. The lowest BCUT2D eigenvalue weighted by molar-refractivity contribution is 0.467. The van der Waals surface area contributed by atoms with E-state index in [1.54, 1.807) is 6.08 Å². The van der Waals surface area contributed by atoms with E-state index in [-0.39, 0.29) is 5.76 Å². The van der Waals surface area contributed by atoms with Crippen LogP contribution in [0.15, 0.2) is 34.8 Å². The summed E-state index contributed by atoms with van der Waals surface area (Å²) in [7, 11) is 0. The molecule has 0 saturated heterocycles. The van der Waals surface area contributed by atoms with Gasteiger partial charge in [-0.25, -0.2) is 0 Å². The Labute approximate surface area is 91.6 Å². The van der Waals surface area contributed by atoms with Crippen LogP contribution < -0.4 is 4.90 Å². The van der Waals surface area contributed by atoms with Crippen LogP contribution in [0.2, 0.25) is 0 Å². The summed E-state index contributed by atoms with van der Waals surface area (Å²) >= 11 is 0. The first-order chi connectivity index (χ1) is 7.81. The lowest BCUT2D eigenvalue weighted by Crippen LogP contribution is -2.20. The summed E-state index contributed by atoms with van der Waals surface area (Å²) in [6.07, 6.45) is 3.64. The minimum Gasteiger partial charge on any atom is -0.504 e. The lowest BCUT2D eigenvalue weighted by Gasteiger charge is -2.17. The Bertz CT molecular complexity index is 634. The molecular weight excluding hydrogens is 204 g/mol. The Hall–Kier alpha value is -2.41. The molecule has 0 spiro atoms. The standard InChI is InChI=1S/C12H8N2O2/c13-7-14-6-5-9(15)12-11(14)8-3-1-2-4-10(8)16-12/h1-5,15H,6H2. The zero-order chi connectivity index (χ0) is 11.1. The van der Waals surface area contributed by atoms with Crippen molar-refractivity contribution in [3.05, 3.63) is 36.1 Å². The Kier molecular flexibility index (Phi) is 1.68. The fourth-order valence-electron chi connectivity index (χ4n) is 1.93. The number of nitriles is 1. The van der Waals surface area contributed by atoms with Gasteiger partial charge in [0, 0.05) is 5.39 Å². The molecule has 1 N–H and O–H groups in total. The number of aliphatic hydroxyl groups is 1. The smallest absolute Gasteiger partial charge is 0.193 e. The summed E-state index contributed by atoms with van der Waals surface area (Å²) in [6, 6.07) is 7.43. The summed E-state index contributed by atoms with van der Waals surface area (Å²) in [4.78, 5) is 1.50. The highest BCUT2D eigenvalue weighted by Crippen LogP contribution is 2.38. The number of fused-ring (bicyclic) bond motifs is 3. The van der Waals surface area contributed by atoms with Gasteiger partial charge in [0.15, 0.2) is 17.7 Å². The van der Waals surface area contributed by atoms with E-state index in [2.05, 4.69) is 6.19 Å². The van der Waals surface area contributed by atoms with Crippen molar-refractivity contribution in [1.82, 2.24) is 0 Å². The molecule has 0 bridgehead atoms. The normalized spacial score (nSPS) is 14.4. The number of rotatable bonds is 0. The predicted octanol–water partition coefficient (Wildman–Crippen LogP) is 2.63. The van der Waals surface area contributed by atoms with E-state index in [0.29, 0.717) is 23.6 Å². The van der Waals surface area contributed by atoms with Crippen molar-refractivity contribution in [3.63, 3.8) is 0 Å². The van der Waals surface area contributed by atoms with E-state index in [1.807, 2.05) is 24.3 Å². The van der Waals surface area contributed by atoms with Crippen LogP contribution in [-0.2, 0) is 0 Å². The van der Waals surface area contributed by atoms with E-state index in [0.717, 1.165) is 5.39 Å². The molecule has 1 aromatic heterocycles. The van der Waals surface area contributed by atoms with E-state index in [1.165, 1.54) is 4.90 Å². The van der Waals surface area contributed by atoms with Crippen molar-refractivity contribution in [2.24, 2.45) is 0 Å². The van der Waals surface area contributed by atoms with Gasteiger partial charge in [-0.1, -0.05) is 12.1 Å². The molecule has 0 radical (unpaired) electrons. The maximum atomic E-state index is 9.71. The van der Waals surface area contributed by atoms with E-state index < -0.39 is 0 Å². The molecule has 0 saturated carbocycles. The summed E-state index contributed by atoms with van der Waals surface area (Å²) in [5.41, 5.74) is 1.33. The van der Waals surface area contributed by atoms with Crippen molar-refractivity contribution in [2.75, 3.05) is 11.4 Å². The molecule has 78 valence electrons. The molecule has 0 amide bonds. The highest BCUT2D eigenvalue weighted by molar-refractivity contribution is 5.98. The largest absolute Gasteiger partial charge is 0.504 e. The Morgan fingerprint density at radius 2 is 2.19 bits per heavy atom. The van der Waals surface area contributed by atoms with E-state index in [9.17, 15) is 5.11 Å². The van der Waals surface area contributed by atoms with E-state index >= 15 is 0 Å². The zero-order valence-electron chi connectivity index (χ0n) is 8.34. The third-order valence-electron chi connectivity index (χ3n) is 2.66. The Morgan fingerprint density at radius 1 is 1.38 bits per heavy atom. The number of aliphatic hydroxyl groups excluding tert-OH is 1. The second kappa shape index (κ2) is 3.04. The van der Waals surface area contributed by atoms with Crippen molar-refractivity contribution >= 4 is 22.4 Å². The summed E-state index contributed by atoms with van der Waals surface area (Å²) in [6.45, 7) is 0.374. The molecule has 16 heavy (non-hydrogen) atoms. The van der Waals surface area contributed by atoms with Gasteiger partial charge in [0.1, 0.15) is 11.3 Å². The van der Waals surface area contributed by atoms with Gasteiger partial charge in [-0.15, -0.1) is 0 Å². The first-order valence-electron chi connectivity index (χ1n) is 4.89. The molecule has 0 atom stereocenters. The minimum atomic E-state index is 0.0951. The van der Waals surface area contributed by atoms with Crippen molar-refractivity contribution in [1.29, 1.82) is 5.26 Å². The number of benzene rings is 1. The summed E-state index contributed by atoms with van der Waals surface area (Å²) in [5.74, 6) is 0.465. The van der Waals surface area contributed by atoms with Crippen LogP contribution in [-0.4, -0.2) is 11.7 Å². The lowest BCUT2D eigenvalue weighted by atomic mass is 10.1.